The molecule has 1 aliphatic carbocycles. The van der Waals surface area contributed by atoms with Gasteiger partial charge in [-0.3, -0.25) is 19.1 Å². The van der Waals surface area contributed by atoms with Crippen LogP contribution in [-0.2, 0) is 16.1 Å². The Hall–Kier alpha value is -3.27. The van der Waals surface area contributed by atoms with Gasteiger partial charge in [-0.1, -0.05) is 31.2 Å². The minimum Gasteiger partial charge on any atom is -0.364 e. The lowest BCUT2D eigenvalue weighted by atomic mass is 10.0. The minimum atomic E-state index is -0.725. The molecule has 33 heavy (non-hydrogen) atoms. The first-order valence-electron chi connectivity index (χ1n) is 10.5. The highest BCUT2D eigenvalue weighted by molar-refractivity contribution is 9.10. The molecule has 2 fully saturated rings. The maximum Gasteiger partial charge on any atom is 0.269 e. The number of para-hydroxylation sites is 1. The van der Waals surface area contributed by atoms with Crippen LogP contribution in [-0.4, -0.2) is 44.5 Å². The monoisotopic (exact) mass is 513 g/mol. The molecular weight excluding hydrogens is 493 g/mol. The number of carbonyl (C=O) groups is 3. The first-order chi connectivity index (χ1) is 15.7. The molecule has 3 N–H and O–H groups in total. The maximum atomic E-state index is 14.4. The molecule has 5 rings (SSSR count). The highest BCUT2D eigenvalue weighted by Gasteiger charge is 2.64. The quantitative estimate of drug-likeness (QED) is 0.546. The number of nitrogens with one attached hydrogen (secondary N) is 1. The van der Waals surface area contributed by atoms with Crippen LogP contribution in [0.3, 0.4) is 0 Å². The number of carbonyl (C=O) groups excluding carboxylic acids is 3. The van der Waals surface area contributed by atoms with E-state index in [1.54, 1.807) is 41.3 Å². The number of primary amides is 1. The summed E-state index contributed by atoms with van der Waals surface area (Å²) in [5.41, 5.74) is 6.06. The van der Waals surface area contributed by atoms with Crippen molar-refractivity contribution in [1.29, 1.82) is 0 Å². The van der Waals surface area contributed by atoms with Crippen molar-refractivity contribution in [3.05, 3.63) is 58.4 Å². The lowest BCUT2D eigenvalue weighted by Gasteiger charge is -2.27. The summed E-state index contributed by atoms with van der Waals surface area (Å²) in [5.74, 6) is -1.97. The molecule has 0 radical (unpaired) electrons. The highest BCUT2D eigenvalue weighted by Crippen LogP contribution is 2.59. The Labute approximate surface area is 197 Å². The molecule has 1 aromatic heterocycles. The van der Waals surface area contributed by atoms with Crippen LogP contribution >= 0.6 is 15.9 Å². The van der Waals surface area contributed by atoms with Crippen LogP contribution in [0, 0.1) is 11.2 Å². The SMILES string of the molecule is C[C@@]12C[C@@H](C(=O)Nc3cccc(Br)c3F)N(C(=O)Cn3nc(C(N)=O)c4ccccc43)[C@@H]1C2. The lowest BCUT2D eigenvalue weighted by molar-refractivity contribution is -0.138. The van der Waals surface area contributed by atoms with Crippen LogP contribution in [0.5, 0.6) is 0 Å². The Kier molecular flexibility index (Phi) is 5.00. The summed E-state index contributed by atoms with van der Waals surface area (Å²) in [6.07, 6.45) is 1.30. The second kappa shape index (κ2) is 7.65. The predicted molar refractivity (Wildman–Crippen MR) is 123 cm³/mol. The molecule has 8 nitrogen and oxygen atoms in total. The number of halogens is 2. The fourth-order valence-electron chi connectivity index (χ4n) is 4.82. The Morgan fingerprint density at radius 2 is 1.97 bits per heavy atom. The van der Waals surface area contributed by atoms with Gasteiger partial charge in [0.15, 0.2) is 11.5 Å². The van der Waals surface area contributed by atoms with Gasteiger partial charge >= 0.3 is 0 Å². The van der Waals surface area contributed by atoms with E-state index in [1.165, 1.54) is 10.7 Å². The maximum absolute atomic E-state index is 14.4. The number of nitrogens with two attached hydrogens (primary N) is 1. The fourth-order valence-corrected chi connectivity index (χ4v) is 5.18. The molecule has 0 unspecified atom stereocenters. The first-order valence-corrected chi connectivity index (χ1v) is 11.3. The largest absolute Gasteiger partial charge is 0.364 e. The van der Waals surface area contributed by atoms with Crippen molar-refractivity contribution < 1.29 is 18.8 Å². The normalized spacial score (nSPS) is 23.4. The van der Waals surface area contributed by atoms with Crippen molar-refractivity contribution in [2.24, 2.45) is 11.1 Å². The average molecular weight is 514 g/mol. The molecule has 3 amide bonds. The van der Waals surface area contributed by atoms with E-state index in [1.807, 2.05) is 6.92 Å². The van der Waals surface area contributed by atoms with E-state index in [9.17, 15) is 18.8 Å². The van der Waals surface area contributed by atoms with Gasteiger partial charge in [0.05, 0.1) is 15.7 Å². The van der Waals surface area contributed by atoms with Crippen molar-refractivity contribution in [3.63, 3.8) is 0 Å². The summed E-state index contributed by atoms with van der Waals surface area (Å²) < 4.78 is 16.1. The van der Waals surface area contributed by atoms with Crippen molar-refractivity contribution in [2.45, 2.75) is 38.4 Å². The molecule has 170 valence electrons. The van der Waals surface area contributed by atoms with Gasteiger partial charge in [-0.2, -0.15) is 5.10 Å². The summed E-state index contributed by atoms with van der Waals surface area (Å²) in [6.45, 7) is 1.90. The molecule has 2 heterocycles. The van der Waals surface area contributed by atoms with E-state index in [-0.39, 0.29) is 39.8 Å². The van der Waals surface area contributed by atoms with Crippen LogP contribution in [0.2, 0.25) is 0 Å². The topological polar surface area (TPSA) is 110 Å². The fraction of sp³-hybridized carbons (Fsp3) is 0.304. The third-order valence-electron chi connectivity index (χ3n) is 6.61. The van der Waals surface area contributed by atoms with E-state index in [0.29, 0.717) is 17.3 Å². The molecule has 0 spiro atoms. The predicted octanol–water partition coefficient (Wildman–Crippen LogP) is 3.06. The lowest BCUT2D eigenvalue weighted by Crippen LogP contribution is -2.46. The van der Waals surface area contributed by atoms with Crippen molar-refractivity contribution >= 4 is 50.2 Å². The van der Waals surface area contributed by atoms with Gasteiger partial charge in [0.1, 0.15) is 12.6 Å². The zero-order valence-corrected chi connectivity index (χ0v) is 19.3. The van der Waals surface area contributed by atoms with E-state index in [2.05, 4.69) is 26.3 Å². The number of anilines is 1. The second-order valence-corrected chi connectivity index (χ2v) is 9.73. The van der Waals surface area contributed by atoms with Crippen LogP contribution in [0.4, 0.5) is 10.1 Å². The van der Waals surface area contributed by atoms with Crippen molar-refractivity contribution in [3.8, 4) is 0 Å². The number of hydrogen-bond acceptors (Lipinski definition) is 4. The number of hydrogen-bond donors (Lipinski definition) is 2. The summed E-state index contributed by atoms with van der Waals surface area (Å²) in [7, 11) is 0. The molecule has 1 aliphatic heterocycles. The molecule has 2 aromatic carbocycles. The molecule has 1 saturated heterocycles. The van der Waals surface area contributed by atoms with Gasteiger partial charge in [-0.05, 0) is 52.4 Å². The molecule has 3 atom stereocenters. The minimum absolute atomic E-state index is 0.0525. The second-order valence-electron chi connectivity index (χ2n) is 8.87. The standard InChI is InChI=1S/C23H21BrFN5O3/c1-23-9-16(22(33)27-14-7-4-6-13(24)19(14)25)30(17(23)10-23)18(31)11-29-15-8-3-2-5-12(15)20(28-29)21(26)32/h2-8,16-17H,9-11H2,1H3,(H2,26,32)(H,27,33)/t16-,17+,23-/m0/s1. The third kappa shape index (κ3) is 3.58. The third-order valence-corrected chi connectivity index (χ3v) is 7.22. The zero-order valence-electron chi connectivity index (χ0n) is 17.7. The van der Waals surface area contributed by atoms with Crippen molar-refractivity contribution in [2.75, 3.05) is 5.32 Å². The Bertz CT molecular complexity index is 1320. The summed E-state index contributed by atoms with van der Waals surface area (Å²) >= 11 is 3.12. The van der Waals surface area contributed by atoms with Gasteiger partial charge in [-0.15, -0.1) is 0 Å². The Balaban J connectivity index is 1.41. The molecule has 2 aliphatic rings. The van der Waals surface area contributed by atoms with Gasteiger partial charge in [0.25, 0.3) is 5.91 Å². The summed E-state index contributed by atoms with van der Waals surface area (Å²) in [4.78, 5) is 39.9. The molecule has 10 heteroatoms. The van der Waals surface area contributed by atoms with E-state index in [0.717, 1.165) is 6.42 Å². The number of rotatable bonds is 5. The van der Waals surface area contributed by atoms with Gasteiger partial charge in [-0.25, -0.2) is 4.39 Å². The Morgan fingerprint density at radius 3 is 2.73 bits per heavy atom. The van der Waals surface area contributed by atoms with E-state index in [4.69, 9.17) is 5.73 Å². The number of nitrogens with zero attached hydrogens (tertiary/aromatic N) is 3. The van der Waals surface area contributed by atoms with Crippen molar-refractivity contribution in [1.82, 2.24) is 14.7 Å². The first kappa shape index (κ1) is 21.6. The smallest absolute Gasteiger partial charge is 0.269 e. The number of amides is 3. The number of piperidine rings is 1. The number of likely N-dealkylation sites (tertiary alicyclic amines) is 1. The summed E-state index contributed by atoms with van der Waals surface area (Å²) in [6, 6.07) is 10.9. The molecular formula is C23H21BrFN5O3. The summed E-state index contributed by atoms with van der Waals surface area (Å²) in [5, 5.41) is 7.45. The van der Waals surface area contributed by atoms with E-state index >= 15 is 0 Å². The number of benzene rings is 2. The zero-order chi connectivity index (χ0) is 23.5. The van der Waals surface area contributed by atoms with E-state index < -0.39 is 23.7 Å². The molecule has 1 saturated carbocycles. The van der Waals surface area contributed by atoms with Crippen LogP contribution in [0.1, 0.15) is 30.3 Å². The van der Waals surface area contributed by atoms with Crippen LogP contribution in [0.25, 0.3) is 10.9 Å². The van der Waals surface area contributed by atoms with Gasteiger partial charge < -0.3 is 16.0 Å². The number of aromatic nitrogens is 2. The van der Waals surface area contributed by atoms with Gasteiger partial charge in [0, 0.05) is 11.4 Å². The average Bonchev–Trinajstić information content (AvgIpc) is 3.14. The Morgan fingerprint density at radius 1 is 1.21 bits per heavy atom. The molecule has 0 bridgehead atoms. The highest BCUT2D eigenvalue weighted by atomic mass is 79.9. The number of fused-ring (bicyclic) bond motifs is 2. The molecule has 3 aromatic rings. The van der Waals surface area contributed by atoms with Gasteiger partial charge in [0.2, 0.25) is 11.8 Å². The van der Waals surface area contributed by atoms with Crippen LogP contribution < -0.4 is 11.1 Å². The van der Waals surface area contributed by atoms with Crippen LogP contribution in [0.15, 0.2) is 46.9 Å².